The fourth-order valence-corrected chi connectivity index (χ4v) is 3.01. The first-order valence-corrected chi connectivity index (χ1v) is 6.47. The van der Waals surface area contributed by atoms with E-state index in [1.54, 1.807) is 0 Å². The van der Waals surface area contributed by atoms with Crippen LogP contribution in [0.4, 0.5) is 0 Å². The maximum Gasteiger partial charge on any atom is -0.00999 e. The molecule has 3 aromatic rings. The summed E-state index contributed by atoms with van der Waals surface area (Å²) in [6.45, 7) is 8.75. The molecule has 0 aromatic heterocycles. The summed E-state index contributed by atoms with van der Waals surface area (Å²) >= 11 is 0. The van der Waals surface area contributed by atoms with Crippen molar-refractivity contribution in [2.45, 2.75) is 27.7 Å². The van der Waals surface area contributed by atoms with E-state index in [0.29, 0.717) is 0 Å². The summed E-state index contributed by atoms with van der Waals surface area (Å²) < 4.78 is 0. The molecule has 0 heterocycles. The van der Waals surface area contributed by atoms with Crippen molar-refractivity contribution in [3.63, 3.8) is 0 Å². The quantitative estimate of drug-likeness (QED) is 0.467. The third-order valence-electron chi connectivity index (χ3n) is 3.77. The van der Waals surface area contributed by atoms with Gasteiger partial charge in [0.15, 0.2) is 0 Å². The molecule has 0 saturated carbocycles. The van der Waals surface area contributed by atoms with Crippen LogP contribution in [0.2, 0.25) is 0 Å². The van der Waals surface area contributed by atoms with Crippen LogP contribution in [-0.4, -0.2) is 0 Å². The molecule has 18 heavy (non-hydrogen) atoms. The van der Waals surface area contributed by atoms with E-state index >= 15 is 0 Å². The van der Waals surface area contributed by atoms with Crippen molar-refractivity contribution in [2.24, 2.45) is 0 Å². The summed E-state index contributed by atoms with van der Waals surface area (Å²) in [6, 6.07) is 13.7. The first-order valence-electron chi connectivity index (χ1n) is 6.47. The first-order chi connectivity index (χ1) is 8.56. The number of benzene rings is 3. The Kier molecular flexibility index (Phi) is 2.41. The predicted molar refractivity (Wildman–Crippen MR) is 80.4 cm³/mol. The molecule has 0 spiro atoms. The minimum atomic E-state index is 1.34. The normalized spacial score (nSPS) is 11.3. The number of hydrogen-bond donors (Lipinski definition) is 0. The van der Waals surface area contributed by atoms with Crippen LogP contribution in [0.1, 0.15) is 22.3 Å². The highest BCUT2D eigenvalue weighted by Gasteiger charge is 2.06. The van der Waals surface area contributed by atoms with Crippen LogP contribution in [-0.2, 0) is 0 Å². The van der Waals surface area contributed by atoms with Crippen molar-refractivity contribution in [3.05, 3.63) is 58.7 Å². The zero-order valence-corrected chi connectivity index (χ0v) is 11.5. The van der Waals surface area contributed by atoms with E-state index in [1.807, 2.05) is 0 Å². The van der Waals surface area contributed by atoms with Gasteiger partial charge in [0.2, 0.25) is 0 Å². The molecule has 3 aromatic carbocycles. The van der Waals surface area contributed by atoms with Crippen molar-refractivity contribution >= 4 is 21.5 Å². The first kappa shape index (κ1) is 11.3. The molecule has 0 amide bonds. The van der Waals surface area contributed by atoms with Gasteiger partial charge < -0.3 is 0 Å². The van der Waals surface area contributed by atoms with Gasteiger partial charge >= 0.3 is 0 Å². The predicted octanol–water partition coefficient (Wildman–Crippen LogP) is 5.23. The Morgan fingerprint density at radius 1 is 0.500 bits per heavy atom. The lowest BCUT2D eigenvalue weighted by molar-refractivity contribution is 1.42. The molecule has 0 nitrogen and oxygen atoms in total. The molecule has 0 saturated heterocycles. The molecule has 0 aliphatic rings. The third-order valence-corrected chi connectivity index (χ3v) is 3.77. The number of hydrogen-bond acceptors (Lipinski definition) is 0. The van der Waals surface area contributed by atoms with E-state index in [0.717, 1.165) is 0 Å². The minimum absolute atomic E-state index is 1.34. The van der Waals surface area contributed by atoms with Crippen LogP contribution in [0.5, 0.6) is 0 Å². The van der Waals surface area contributed by atoms with Crippen LogP contribution < -0.4 is 0 Å². The molecule has 0 N–H and O–H groups in total. The number of aryl methyl sites for hydroxylation is 4. The van der Waals surface area contributed by atoms with Gasteiger partial charge in [-0.3, -0.25) is 0 Å². The average molecular weight is 234 g/mol. The standard InChI is InChI=1S/C18H18/c1-11-7-13(3)15-5-6-16-14(4)8-12(2)10-18(16)17(15)9-11/h5-10H,1-4H3. The van der Waals surface area contributed by atoms with Gasteiger partial charge in [-0.15, -0.1) is 0 Å². The summed E-state index contributed by atoms with van der Waals surface area (Å²) in [7, 11) is 0. The Morgan fingerprint density at radius 2 is 0.889 bits per heavy atom. The molecule has 0 bridgehead atoms. The van der Waals surface area contributed by atoms with Crippen LogP contribution >= 0.6 is 0 Å². The second kappa shape index (κ2) is 3.84. The summed E-state index contributed by atoms with van der Waals surface area (Å²) in [4.78, 5) is 0. The van der Waals surface area contributed by atoms with Crippen molar-refractivity contribution in [2.75, 3.05) is 0 Å². The lowest BCUT2D eigenvalue weighted by atomic mass is 9.94. The summed E-state index contributed by atoms with van der Waals surface area (Å²) in [6.07, 6.45) is 0. The van der Waals surface area contributed by atoms with Gasteiger partial charge in [0.1, 0.15) is 0 Å². The highest BCUT2D eigenvalue weighted by molar-refractivity contribution is 6.09. The van der Waals surface area contributed by atoms with E-state index in [2.05, 4.69) is 64.1 Å². The lowest BCUT2D eigenvalue weighted by Gasteiger charge is -2.11. The molecule has 90 valence electrons. The van der Waals surface area contributed by atoms with E-state index in [1.165, 1.54) is 43.8 Å². The zero-order chi connectivity index (χ0) is 12.9. The molecule has 0 aliphatic carbocycles. The van der Waals surface area contributed by atoms with Gasteiger partial charge in [-0.05, 0) is 60.4 Å². The Labute approximate surface area is 108 Å². The second-order valence-corrected chi connectivity index (χ2v) is 5.42. The Morgan fingerprint density at radius 3 is 1.28 bits per heavy atom. The van der Waals surface area contributed by atoms with E-state index in [-0.39, 0.29) is 0 Å². The Bertz CT molecular complexity index is 697. The minimum Gasteiger partial charge on any atom is -0.0557 e. The fourth-order valence-electron chi connectivity index (χ4n) is 3.01. The smallest absolute Gasteiger partial charge is 0.00999 e. The van der Waals surface area contributed by atoms with Crippen LogP contribution in [0.15, 0.2) is 36.4 Å². The molecule has 0 heteroatoms. The largest absolute Gasteiger partial charge is 0.0557 e. The molecule has 3 rings (SSSR count). The van der Waals surface area contributed by atoms with Gasteiger partial charge in [-0.1, -0.05) is 47.5 Å². The third kappa shape index (κ3) is 1.60. The van der Waals surface area contributed by atoms with Gasteiger partial charge in [0.05, 0.1) is 0 Å². The number of rotatable bonds is 0. The Balaban J connectivity index is 2.60. The van der Waals surface area contributed by atoms with Crippen molar-refractivity contribution in [3.8, 4) is 0 Å². The Hall–Kier alpha value is -1.82. The van der Waals surface area contributed by atoms with Gasteiger partial charge in [0, 0.05) is 0 Å². The lowest BCUT2D eigenvalue weighted by Crippen LogP contribution is -1.87. The highest BCUT2D eigenvalue weighted by atomic mass is 14.1. The molecular formula is C18H18. The molecular weight excluding hydrogens is 216 g/mol. The van der Waals surface area contributed by atoms with Crippen LogP contribution in [0, 0.1) is 27.7 Å². The van der Waals surface area contributed by atoms with Crippen molar-refractivity contribution in [1.29, 1.82) is 0 Å². The van der Waals surface area contributed by atoms with Crippen molar-refractivity contribution < 1.29 is 0 Å². The van der Waals surface area contributed by atoms with E-state index in [9.17, 15) is 0 Å². The van der Waals surface area contributed by atoms with Crippen LogP contribution in [0.3, 0.4) is 0 Å². The summed E-state index contributed by atoms with van der Waals surface area (Å²) in [5, 5.41) is 5.52. The van der Waals surface area contributed by atoms with E-state index in [4.69, 9.17) is 0 Å². The SMILES string of the molecule is Cc1cc(C)c2ccc3c(C)cc(C)cc3c2c1. The summed E-state index contributed by atoms with van der Waals surface area (Å²) in [5.74, 6) is 0. The fraction of sp³-hybridized carbons (Fsp3) is 0.222. The maximum atomic E-state index is 2.31. The van der Waals surface area contributed by atoms with Gasteiger partial charge in [-0.2, -0.15) is 0 Å². The number of fused-ring (bicyclic) bond motifs is 3. The maximum absolute atomic E-state index is 2.31. The van der Waals surface area contributed by atoms with Crippen molar-refractivity contribution in [1.82, 2.24) is 0 Å². The molecule has 0 radical (unpaired) electrons. The summed E-state index contributed by atoms with van der Waals surface area (Å²) in [5.41, 5.74) is 5.41. The molecule has 0 atom stereocenters. The molecule has 0 fully saturated rings. The van der Waals surface area contributed by atoms with Crippen LogP contribution in [0.25, 0.3) is 21.5 Å². The molecule has 0 aliphatic heterocycles. The topological polar surface area (TPSA) is 0 Å². The zero-order valence-electron chi connectivity index (χ0n) is 11.5. The monoisotopic (exact) mass is 234 g/mol. The highest BCUT2D eigenvalue weighted by Crippen LogP contribution is 2.31. The second-order valence-electron chi connectivity index (χ2n) is 5.42. The molecule has 0 unspecified atom stereocenters. The average Bonchev–Trinajstić information content (AvgIpc) is 2.28. The van der Waals surface area contributed by atoms with E-state index < -0.39 is 0 Å². The van der Waals surface area contributed by atoms with Gasteiger partial charge in [0.25, 0.3) is 0 Å². The van der Waals surface area contributed by atoms with Gasteiger partial charge in [-0.25, -0.2) is 0 Å².